The van der Waals surface area contributed by atoms with Crippen LogP contribution in [0.25, 0.3) is 0 Å². The highest BCUT2D eigenvalue weighted by molar-refractivity contribution is 6.32. The number of hydrogen-bond donors (Lipinski definition) is 5. The Morgan fingerprint density at radius 3 is 2.68 bits per heavy atom. The van der Waals surface area contributed by atoms with E-state index < -0.39 is 0 Å². The van der Waals surface area contributed by atoms with Gasteiger partial charge in [-0.15, -0.1) is 0 Å². The van der Waals surface area contributed by atoms with Gasteiger partial charge in [-0.3, -0.25) is 5.32 Å². The fourth-order valence-electron chi connectivity index (χ4n) is 3.42. The quantitative estimate of drug-likeness (QED) is 0.303. The minimum absolute atomic E-state index is 0.0261. The van der Waals surface area contributed by atoms with Gasteiger partial charge in [-0.1, -0.05) is 56.6 Å². The summed E-state index contributed by atoms with van der Waals surface area (Å²) in [6.45, 7) is 5.79. The Morgan fingerprint density at radius 1 is 1.23 bits per heavy atom. The fourth-order valence-corrected chi connectivity index (χ4v) is 3.61. The number of amides is 2. The molecule has 0 saturated carbocycles. The summed E-state index contributed by atoms with van der Waals surface area (Å²) in [5.41, 5.74) is 2.96. The number of phenolic OH excluding ortho intramolecular Hbond substituents is 1. The second kappa shape index (κ2) is 9.43. The molecule has 6 nitrogen and oxygen atoms in total. The zero-order valence-electron chi connectivity index (χ0n) is 18.1. The lowest BCUT2D eigenvalue weighted by atomic mass is 9.88. The number of carbonyl (C=O) groups is 1. The van der Waals surface area contributed by atoms with Gasteiger partial charge in [-0.2, -0.15) is 0 Å². The summed E-state index contributed by atoms with van der Waals surface area (Å²) in [6, 6.07) is 12.4. The maximum absolute atomic E-state index is 12.8. The van der Waals surface area contributed by atoms with E-state index in [1.54, 1.807) is 18.2 Å². The van der Waals surface area contributed by atoms with Crippen molar-refractivity contribution in [3.63, 3.8) is 0 Å². The van der Waals surface area contributed by atoms with Gasteiger partial charge < -0.3 is 21.1 Å². The summed E-state index contributed by atoms with van der Waals surface area (Å²) in [5, 5.41) is 27.2. The average molecular weight is 441 g/mol. The maximum Gasteiger partial charge on any atom is 0.320 e. The molecule has 0 spiro atoms. The second-order valence-electron chi connectivity index (χ2n) is 8.75. The monoisotopic (exact) mass is 440 g/mol. The molecule has 7 heteroatoms. The third-order valence-corrected chi connectivity index (χ3v) is 5.55. The number of carbonyl (C=O) groups excluding carboxylic acids is 1. The van der Waals surface area contributed by atoms with Crippen molar-refractivity contribution in [3.05, 3.63) is 70.5 Å². The molecular weight excluding hydrogens is 412 g/mol. The Hall–Kier alpha value is -2.99. The van der Waals surface area contributed by atoms with E-state index in [0.29, 0.717) is 17.2 Å². The number of benzene rings is 2. The van der Waals surface area contributed by atoms with Crippen LogP contribution in [0.2, 0.25) is 5.02 Å². The van der Waals surface area contributed by atoms with Crippen molar-refractivity contribution in [1.82, 2.24) is 10.6 Å². The van der Waals surface area contributed by atoms with E-state index in [1.807, 2.05) is 32.9 Å². The topological polar surface area (TPSA) is 97.2 Å². The molecule has 2 aromatic carbocycles. The molecule has 31 heavy (non-hydrogen) atoms. The summed E-state index contributed by atoms with van der Waals surface area (Å²) in [5.74, 6) is 0.324. The predicted octanol–water partition coefficient (Wildman–Crippen LogP) is 5.74. The molecule has 0 heterocycles. The Labute approximate surface area is 188 Å². The number of halogens is 1. The molecule has 1 atom stereocenters. The van der Waals surface area contributed by atoms with E-state index >= 15 is 0 Å². The summed E-state index contributed by atoms with van der Waals surface area (Å²) >= 11 is 6.01. The van der Waals surface area contributed by atoms with Crippen LogP contribution >= 0.6 is 11.6 Å². The molecule has 1 aliphatic rings. The number of hydrogen-bond acceptors (Lipinski definition) is 4. The summed E-state index contributed by atoms with van der Waals surface area (Å²) < 4.78 is 0. The van der Waals surface area contributed by atoms with E-state index in [0.717, 1.165) is 24.8 Å². The largest absolute Gasteiger partial charge is 0.506 e. The first-order chi connectivity index (χ1) is 14.6. The highest BCUT2D eigenvalue weighted by Gasteiger charge is 2.22. The predicted molar refractivity (Wildman–Crippen MR) is 126 cm³/mol. The molecule has 5 N–H and O–H groups in total. The van der Waals surface area contributed by atoms with Crippen LogP contribution in [0.5, 0.6) is 5.75 Å². The third kappa shape index (κ3) is 6.01. The molecule has 0 aliphatic heterocycles. The lowest BCUT2D eigenvalue weighted by molar-refractivity contribution is 0.238. The first kappa shape index (κ1) is 22.7. The Bertz CT molecular complexity index is 1010. The smallest absolute Gasteiger partial charge is 0.320 e. The van der Waals surface area contributed by atoms with Gasteiger partial charge in [0.25, 0.3) is 0 Å². The van der Waals surface area contributed by atoms with Crippen molar-refractivity contribution in [2.24, 2.45) is 5.41 Å². The second-order valence-corrected chi connectivity index (χ2v) is 9.16. The van der Waals surface area contributed by atoms with Gasteiger partial charge in [-0.05, 0) is 48.6 Å². The molecule has 2 amide bonds. The molecule has 2 aromatic rings. The summed E-state index contributed by atoms with van der Waals surface area (Å²) in [4.78, 5) is 12.8. The van der Waals surface area contributed by atoms with Gasteiger partial charge in [-0.25, -0.2) is 4.79 Å². The van der Waals surface area contributed by atoms with Crippen LogP contribution in [0, 0.1) is 10.8 Å². The number of fused-ring (bicyclic) bond motifs is 1. The van der Waals surface area contributed by atoms with Crippen LogP contribution in [-0.2, 0) is 6.42 Å². The van der Waals surface area contributed by atoms with E-state index in [1.165, 1.54) is 11.6 Å². The van der Waals surface area contributed by atoms with Gasteiger partial charge in [0.1, 0.15) is 11.6 Å². The van der Waals surface area contributed by atoms with Crippen LogP contribution in [0.4, 0.5) is 10.5 Å². The van der Waals surface area contributed by atoms with Gasteiger partial charge in [0.2, 0.25) is 0 Å². The Balaban J connectivity index is 1.78. The zero-order chi connectivity index (χ0) is 22.6. The fraction of sp³-hybridized carbons (Fsp3) is 0.333. The van der Waals surface area contributed by atoms with E-state index in [4.69, 9.17) is 17.0 Å². The number of aryl methyl sites for hydroxylation is 1. The van der Waals surface area contributed by atoms with Crippen LogP contribution in [0.15, 0.2) is 54.4 Å². The Morgan fingerprint density at radius 2 is 1.97 bits per heavy atom. The van der Waals surface area contributed by atoms with Crippen molar-refractivity contribution in [1.29, 1.82) is 5.41 Å². The maximum atomic E-state index is 12.8. The number of allylic oxidation sites excluding steroid dienone is 1. The molecule has 0 saturated heterocycles. The van der Waals surface area contributed by atoms with Crippen LogP contribution in [-0.4, -0.2) is 16.8 Å². The SMILES string of the molecule is CC(C)(C)C(=N)/C=C(/NC(=O)NC1CCCc2ccccc21)Nc1ccc(O)c(Cl)c1. The van der Waals surface area contributed by atoms with Crippen LogP contribution in [0.1, 0.15) is 50.8 Å². The highest BCUT2D eigenvalue weighted by Crippen LogP contribution is 2.30. The molecule has 1 unspecified atom stereocenters. The van der Waals surface area contributed by atoms with Gasteiger partial charge in [0.05, 0.1) is 11.1 Å². The number of urea groups is 1. The van der Waals surface area contributed by atoms with Crippen LogP contribution in [0.3, 0.4) is 0 Å². The highest BCUT2D eigenvalue weighted by atomic mass is 35.5. The van der Waals surface area contributed by atoms with E-state index in [-0.39, 0.29) is 28.3 Å². The standard InChI is InChI=1S/C24H29ClN4O2/c1-24(2,3)21(26)14-22(27-16-11-12-20(30)18(25)13-16)29-23(31)28-19-10-6-8-15-7-4-5-9-17(15)19/h4-5,7,9,11-14,19,26-27,30H,6,8,10H2,1-3H3,(H2,28,29,31)/b22-14+,26-21?. The number of aromatic hydroxyl groups is 1. The average Bonchev–Trinajstić information content (AvgIpc) is 2.70. The number of phenols is 1. The lowest BCUT2D eigenvalue weighted by Gasteiger charge is -2.27. The van der Waals surface area contributed by atoms with Crippen LogP contribution < -0.4 is 16.0 Å². The Kier molecular flexibility index (Phi) is 6.91. The van der Waals surface area contributed by atoms with Crippen molar-refractivity contribution in [3.8, 4) is 5.75 Å². The molecule has 0 fully saturated rings. The molecule has 3 rings (SSSR count). The molecule has 0 aromatic heterocycles. The van der Waals surface area contributed by atoms with Crippen molar-refractivity contribution in [2.45, 2.75) is 46.1 Å². The van der Waals surface area contributed by atoms with E-state index in [2.05, 4.69) is 28.1 Å². The molecular formula is C24H29ClN4O2. The first-order valence-corrected chi connectivity index (χ1v) is 10.7. The normalized spacial score (nSPS) is 16.3. The number of nitrogens with one attached hydrogen (secondary N) is 4. The molecule has 164 valence electrons. The summed E-state index contributed by atoms with van der Waals surface area (Å²) in [7, 11) is 0. The molecule has 1 aliphatic carbocycles. The minimum Gasteiger partial charge on any atom is -0.506 e. The van der Waals surface area contributed by atoms with Gasteiger partial charge in [0, 0.05) is 22.9 Å². The van der Waals surface area contributed by atoms with Crippen molar-refractivity contribution in [2.75, 3.05) is 5.32 Å². The van der Waals surface area contributed by atoms with Gasteiger partial charge in [0.15, 0.2) is 0 Å². The first-order valence-electron chi connectivity index (χ1n) is 10.3. The third-order valence-electron chi connectivity index (χ3n) is 5.25. The van der Waals surface area contributed by atoms with Crippen molar-refractivity contribution >= 4 is 29.0 Å². The zero-order valence-corrected chi connectivity index (χ0v) is 18.8. The number of anilines is 1. The van der Waals surface area contributed by atoms with Gasteiger partial charge >= 0.3 is 6.03 Å². The lowest BCUT2D eigenvalue weighted by Crippen LogP contribution is -2.40. The minimum atomic E-state index is -0.389. The molecule has 0 radical (unpaired) electrons. The van der Waals surface area contributed by atoms with E-state index in [9.17, 15) is 9.90 Å². The number of rotatable bonds is 5. The van der Waals surface area contributed by atoms with Crippen molar-refractivity contribution < 1.29 is 9.90 Å². The summed E-state index contributed by atoms with van der Waals surface area (Å²) in [6.07, 6.45) is 4.51. The molecule has 0 bridgehead atoms.